The molecule has 1 aromatic carbocycles. The molecule has 2 aliphatic rings. The second-order valence-corrected chi connectivity index (χ2v) is 7.40. The van der Waals surface area contributed by atoms with Crippen LogP contribution in [0, 0.1) is 6.92 Å². The van der Waals surface area contributed by atoms with Gasteiger partial charge in [0.15, 0.2) is 5.17 Å². The average Bonchev–Trinajstić information content (AvgIpc) is 3.05. The van der Waals surface area contributed by atoms with E-state index in [2.05, 4.69) is 60.1 Å². The van der Waals surface area contributed by atoms with Gasteiger partial charge in [-0.3, -0.25) is 9.98 Å². The molecule has 0 unspecified atom stereocenters. The molecule has 1 saturated heterocycles. The predicted molar refractivity (Wildman–Crippen MR) is 92.1 cm³/mol. The van der Waals surface area contributed by atoms with Gasteiger partial charge in [-0.25, -0.2) is 0 Å². The molecule has 0 N–H and O–H groups in total. The van der Waals surface area contributed by atoms with Gasteiger partial charge in [-0.15, -0.1) is 0 Å². The summed E-state index contributed by atoms with van der Waals surface area (Å²) in [7, 11) is 0. The lowest BCUT2D eigenvalue weighted by Gasteiger charge is -2.28. The highest BCUT2D eigenvalue weighted by Gasteiger charge is 2.43. The second kappa shape index (κ2) is 5.43. The first kappa shape index (κ1) is 13.8. The lowest BCUT2D eigenvalue weighted by molar-refractivity contribution is 0.320. The van der Waals surface area contributed by atoms with E-state index in [1.807, 2.05) is 24.0 Å². The first-order valence-corrected chi connectivity index (χ1v) is 8.59. The Morgan fingerprint density at radius 1 is 1.14 bits per heavy atom. The molecular weight excluding hydrogens is 290 g/mol. The van der Waals surface area contributed by atoms with Crippen LogP contribution in [0.3, 0.4) is 0 Å². The van der Waals surface area contributed by atoms with Gasteiger partial charge in [-0.05, 0) is 30.2 Å². The number of aliphatic imine (C=N–C) groups is 1. The summed E-state index contributed by atoms with van der Waals surface area (Å²) in [6.07, 6.45) is 1.86. The maximum atomic E-state index is 5.01. The highest BCUT2D eigenvalue weighted by Crippen LogP contribution is 2.47. The fourth-order valence-corrected chi connectivity index (χ4v) is 4.47. The van der Waals surface area contributed by atoms with Crippen LogP contribution >= 0.6 is 11.8 Å². The molecule has 2 aromatic rings. The molecule has 4 rings (SSSR count). The standard InChI is InChI=1S/C18H19N3S/c1-12-7-3-4-8-14(12)17-16(15-9-5-6-10-19-15)20-18-21(17)11-13(2)22-18/h3-10,13,16-17H,11H2,1-2H3/t13-,16+,17-/m1/s1. The zero-order chi connectivity index (χ0) is 15.1. The number of rotatable bonds is 2. The van der Waals surface area contributed by atoms with E-state index < -0.39 is 0 Å². The molecule has 112 valence electrons. The van der Waals surface area contributed by atoms with E-state index in [-0.39, 0.29) is 12.1 Å². The maximum absolute atomic E-state index is 5.01. The number of benzene rings is 1. The van der Waals surface area contributed by atoms with E-state index in [9.17, 15) is 0 Å². The summed E-state index contributed by atoms with van der Waals surface area (Å²) in [5, 5.41) is 1.78. The van der Waals surface area contributed by atoms with E-state index in [1.54, 1.807) is 0 Å². The van der Waals surface area contributed by atoms with Crippen molar-refractivity contribution in [2.75, 3.05) is 6.54 Å². The fraction of sp³-hybridized carbons (Fsp3) is 0.333. The van der Waals surface area contributed by atoms with Crippen LogP contribution in [0.2, 0.25) is 0 Å². The number of hydrogen-bond donors (Lipinski definition) is 0. The number of aromatic nitrogens is 1. The number of pyridine rings is 1. The minimum Gasteiger partial charge on any atom is -0.341 e. The summed E-state index contributed by atoms with van der Waals surface area (Å²) in [5.41, 5.74) is 3.76. The second-order valence-electron chi connectivity index (χ2n) is 5.99. The minimum atomic E-state index is 0.0947. The summed E-state index contributed by atoms with van der Waals surface area (Å²) in [4.78, 5) is 12.1. The van der Waals surface area contributed by atoms with E-state index in [1.165, 1.54) is 16.3 Å². The van der Waals surface area contributed by atoms with Crippen molar-refractivity contribution in [1.82, 2.24) is 9.88 Å². The number of thioether (sulfide) groups is 1. The topological polar surface area (TPSA) is 28.5 Å². The Balaban J connectivity index is 1.81. The number of aryl methyl sites for hydroxylation is 1. The van der Waals surface area contributed by atoms with Gasteiger partial charge in [0, 0.05) is 18.0 Å². The van der Waals surface area contributed by atoms with Crippen LogP contribution in [0.5, 0.6) is 0 Å². The van der Waals surface area contributed by atoms with Crippen molar-refractivity contribution in [1.29, 1.82) is 0 Å². The molecular formula is C18H19N3S. The molecule has 3 nitrogen and oxygen atoms in total. The van der Waals surface area contributed by atoms with Crippen molar-refractivity contribution in [3.8, 4) is 0 Å². The van der Waals surface area contributed by atoms with Crippen LogP contribution in [0.15, 0.2) is 53.7 Å². The summed E-state index contributed by atoms with van der Waals surface area (Å²) in [5.74, 6) is 0. The van der Waals surface area contributed by atoms with Crippen LogP contribution < -0.4 is 0 Å². The summed E-state index contributed by atoms with van der Waals surface area (Å²) in [6, 6.07) is 15.1. The van der Waals surface area contributed by atoms with Crippen LogP contribution in [0.4, 0.5) is 0 Å². The number of fused-ring (bicyclic) bond motifs is 1. The van der Waals surface area contributed by atoms with E-state index >= 15 is 0 Å². The van der Waals surface area contributed by atoms with Gasteiger partial charge in [-0.1, -0.05) is 49.0 Å². The largest absolute Gasteiger partial charge is 0.341 e. The molecule has 0 radical (unpaired) electrons. The van der Waals surface area contributed by atoms with E-state index in [0.717, 1.165) is 12.2 Å². The molecule has 0 saturated carbocycles. The molecule has 1 fully saturated rings. The lowest BCUT2D eigenvalue weighted by atomic mass is 9.93. The summed E-state index contributed by atoms with van der Waals surface area (Å²) in [6.45, 7) is 5.53. The average molecular weight is 309 g/mol. The zero-order valence-electron chi connectivity index (χ0n) is 12.8. The van der Waals surface area contributed by atoms with Crippen molar-refractivity contribution in [2.24, 2.45) is 4.99 Å². The molecule has 4 heteroatoms. The Hall–Kier alpha value is -1.81. The Morgan fingerprint density at radius 3 is 2.73 bits per heavy atom. The Labute approximate surface area is 135 Å². The van der Waals surface area contributed by atoms with Crippen molar-refractivity contribution in [3.63, 3.8) is 0 Å². The van der Waals surface area contributed by atoms with E-state index in [4.69, 9.17) is 4.99 Å². The third-order valence-corrected chi connectivity index (χ3v) is 5.49. The molecule has 3 heterocycles. The molecule has 0 bridgehead atoms. The molecule has 2 aliphatic heterocycles. The third kappa shape index (κ3) is 2.22. The summed E-state index contributed by atoms with van der Waals surface area (Å²) >= 11 is 1.89. The monoisotopic (exact) mass is 309 g/mol. The van der Waals surface area contributed by atoms with Crippen molar-refractivity contribution < 1.29 is 0 Å². The van der Waals surface area contributed by atoms with Gasteiger partial charge in [0.25, 0.3) is 0 Å². The molecule has 0 spiro atoms. The molecule has 22 heavy (non-hydrogen) atoms. The molecule has 0 aliphatic carbocycles. The van der Waals surface area contributed by atoms with Gasteiger partial charge in [0.2, 0.25) is 0 Å². The first-order valence-electron chi connectivity index (χ1n) is 7.71. The zero-order valence-corrected chi connectivity index (χ0v) is 13.6. The molecule has 3 atom stereocenters. The van der Waals surface area contributed by atoms with Crippen molar-refractivity contribution >= 4 is 16.9 Å². The van der Waals surface area contributed by atoms with Crippen LogP contribution in [0.1, 0.15) is 35.8 Å². The van der Waals surface area contributed by atoms with Crippen molar-refractivity contribution in [3.05, 3.63) is 65.5 Å². The SMILES string of the molecule is Cc1ccccc1[C@@H]1[C@H](c2ccccn2)N=C2S[C@H](C)CN21. The number of hydrogen-bond acceptors (Lipinski definition) is 4. The van der Waals surface area contributed by atoms with Gasteiger partial charge < -0.3 is 4.90 Å². The van der Waals surface area contributed by atoms with Gasteiger partial charge in [0.1, 0.15) is 6.04 Å². The quantitative estimate of drug-likeness (QED) is 0.840. The van der Waals surface area contributed by atoms with Gasteiger partial charge in [-0.2, -0.15) is 0 Å². The van der Waals surface area contributed by atoms with Crippen LogP contribution in [-0.4, -0.2) is 26.8 Å². The lowest BCUT2D eigenvalue weighted by Crippen LogP contribution is -2.29. The smallest absolute Gasteiger partial charge is 0.160 e. The van der Waals surface area contributed by atoms with E-state index in [0.29, 0.717) is 5.25 Å². The highest BCUT2D eigenvalue weighted by molar-refractivity contribution is 8.14. The molecule has 1 aromatic heterocycles. The fourth-order valence-electron chi connectivity index (χ4n) is 3.37. The maximum Gasteiger partial charge on any atom is 0.160 e. The first-order chi connectivity index (χ1) is 10.7. The Morgan fingerprint density at radius 2 is 1.95 bits per heavy atom. The predicted octanol–water partition coefficient (Wildman–Crippen LogP) is 3.98. The minimum absolute atomic E-state index is 0.0947. The van der Waals surface area contributed by atoms with Crippen LogP contribution in [-0.2, 0) is 0 Å². The normalized spacial score (nSPS) is 26.9. The highest BCUT2D eigenvalue weighted by atomic mass is 32.2. The molecule has 0 amide bonds. The Bertz CT molecular complexity index is 713. The van der Waals surface area contributed by atoms with Gasteiger partial charge >= 0.3 is 0 Å². The number of amidine groups is 1. The van der Waals surface area contributed by atoms with Crippen molar-refractivity contribution in [2.45, 2.75) is 31.2 Å². The van der Waals surface area contributed by atoms with Gasteiger partial charge in [0.05, 0.1) is 11.7 Å². The Kier molecular flexibility index (Phi) is 3.41. The number of nitrogens with zero attached hydrogens (tertiary/aromatic N) is 3. The third-order valence-electron chi connectivity index (χ3n) is 4.39. The van der Waals surface area contributed by atoms with Crippen LogP contribution in [0.25, 0.3) is 0 Å². The summed E-state index contributed by atoms with van der Waals surface area (Å²) < 4.78 is 0.